The molecule has 18 heavy (non-hydrogen) atoms. The molecule has 1 saturated carbocycles. The van der Waals surface area contributed by atoms with Gasteiger partial charge in [-0.25, -0.2) is 0 Å². The second-order valence-electron chi connectivity index (χ2n) is 5.46. The predicted molar refractivity (Wildman–Crippen MR) is 74.8 cm³/mol. The van der Waals surface area contributed by atoms with E-state index in [2.05, 4.69) is 31.1 Å². The number of hydrogen-bond acceptors (Lipinski definition) is 3. The third kappa shape index (κ3) is 2.25. The molecular weight excluding hydrogens is 224 g/mol. The van der Waals surface area contributed by atoms with E-state index in [1.807, 2.05) is 12.1 Å². The normalized spacial score (nSPS) is 20.1. The summed E-state index contributed by atoms with van der Waals surface area (Å²) in [6.45, 7) is 0. The van der Waals surface area contributed by atoms with Crippen molar-refractivity contribution in [1.29, 1.82) is 0 Å². The van der Waals surface area contributed by atoms with E-state index in [1.165, 1.54) is 31.2 Å². The minimum atomic E-state index is 0.0464. The first kappa shape index (κ1) is 13.4. The lowest BCUT2D eigenvalue weighted by atomic mass is 9.83. The van der Waals surface area contributed by atoms with Crippen LogP contribution in [0.5, 0.6) is 5.75 Å². The molecule has 3 nitrogen and oxygen atoms in total. The smallest absolute Gasteiger partial charge is 0.119 e. The number of ether oxygens (including phenoxy) is 1. The molecule has 2 N–H and O–H groups in total. The lowest BCUT2D eigenvalue weighted by Crippen LogP contribution is -2.50. The second kappa shape index (κ2) is 5.29. The van der Waals surface area contributed by atoms with E-state index >= 15 is 0 Å². The van der Waals surface area contributed by atoms with E-state index < -0.39 is 0 Å². The van der Waals surface area contributed by atoms with Gasteiger partial charge in [-0.3, -0.25) is 0 Å². The van der Waals surface area contributed by atoms with Crippen molar-refractivity contribution < 1.29 is 4.74 Å². The van der Waals surface area contributed by atoms with E-state index in [4.69, 9.17) is 10.5 Å². The van der Waals surface area contributed by atoms with Crippen molar-refractivity contribution >= 4 is 0 Å². The van der Waals surface area contributed by atoms with Crippen molar-refractivity contribution in [3.05, 3.63) is 29.8 Å². The quantitative estimate of drug-likeness (QED) is 0.890. The molecule has 1 atom stereocenters. The maximum absolute atomic E-state index is 6.56. The summed E-state index contributed by atoms with van der Waals surface area (Å²) in [5, 5.41) is 0. The Labute approximate surface area is 110 Å². The van der Waals surface area contributed by atoms with Gasteiger partial charge in [0.05, 0.1) is 7.11 Å². The molecule has 0 saturated heterocycles. The molecule has 3 heteroatoms. The SMILES string of the molecule is COc1cccc(C(N)C2(N(C)C)CCCC2)c1. The Morgan fingerprint density at radius 1 is 1.28 bits per heavy atom. The molecule has 0 aromatic heterocycles. The average molecular weight is 248 g/mol. The zero-order chi connectivity index (χ0) is 13.2. The van der Waals surface area contributed by atoms with Crippen molar-refractivity contribution in [2.24, 2.45) is 5.73 Å². The van der Waals surface area contributed by atoms with Crippen LogP contribution in [0.15, 0.2) is 24.3 Å². The largest absolute Gasteiger partial charge is 0.497 e. The molecular formula is C15H24N2O. The molecule has 0 amide bonds. The molecule has 1 unspecified atom stereocenters. The topological polar surface area (TPSA) is 38.5 Å². The summed E-state index contributed by atoms with van der Waals surface area (Å²) in [7, 11) is 5.98. The number of likely N-dealkylation sites (N-methyl/N-ethyl adjacent to an activating group) is 1. The fourth-order valence-electron chi connectivity index (χ4n) is 3.17. The van der Waals surface area contributed by atoms with Crippen LogP contribution in [0.25, 0.3) is 0 Å². The minimum Gasteiger partial charge on any atom is -0.497 e. The Hall–Kier alpha value is -1.06. The first-order valence-corrected chi connectivity index (χ1v) is 6.67. The van der Waals surface area contributed by atoms with Crippen LogP contribution in [-0.4, -0.2) is 31.6 Å². The van der Waals surface area contributed by atoms with E-state index in [0.29, 0.717) is 0 Å². The molecule has 1 fully saturated rings. The zero-order valence-corrected chi connectivity index (χ0v) is 11.6. The molecule has 0 radical (unpaired) electrons. The minimum absolute atomic E-state index is 0.0464. The number of benzene rings is 1. The van der Waals surface area contributed by atoms with E-state index in [-0.39, 0.29) is 11.6 Å². The van der Waals surface area contributed by atoms with Crippen molar-refractivity contribution in [2.45, 2.75) is 37.3 Å². The molecule has 0 heterocycles. The zero-order valence-electron chi connectivity index (χ0n) is 11.6. The first-order valence-electron chi connectivity index (χ1n) is 6.67. The Balaban J connectivity index is 2.30. The van der Waals surface area contributed by atoms with E-state index in [9.17, 15) is 0 Å². The fourth-order valence-corrected chi connectivity index (χ4v) is 3.17. The summed E-state index contributed by atoms with van der Waals surface area (Å²) in [4.78, 5) is 2.31. The third-order valence-corrected chi connectivity index (χ3v) is 4.39. The van der Waals surface area contributed by atoms with Crippen LogP contribution in [0.1, 0.15) is 37.3 Å². The summed E-state index contributed by atoms with van der Waals surface area (Å²) in [5.74, 6) is 0.884. The Kier molecular flexibility index (Phi) is 3.93. The summed E-state index contributed by atoms with van der Waals surface area (Å²) in [6.07, 6.45) is 4.91. The van der Waals surface area contributed by atoms with Gasteiger partial charge in [0.25, 0.3) is 0 Å². The fraction of sp³-hybridized carbons (Fsp3) is 0.600. The summed E-state index contributed by atoms with van der Waals surface area (Å²) < 4.78 is 5.29. The van der Waals surface area contributed by atoms with Crippen LogP contribution < -0.4 is 10.5 Å². The maximum Gasteiger partial charge on any atom is 0.119 e. The van der Waals surface area contributed by atoms with Gasteiger partial charge in [-0.2, -0.15) is 0 Å². The Morgan fingerprint density at radius 2 is 1.94 bits per heavy atom. The van der Waals surface area contributed by atoms with Crippen LogP contribution in [0.2, 0.25) is 0 Å². The standard InChI is InChI=1S/C15H24N2O/c1-17(2)15(9-4-5-10-15)14(16)12-7-6-8-13(11-12)18-3/h6-8,11,14H,4-5,9-10,16H2,1-3H3. The van der Waals surface area contributed by atoms with Crippen molar-refractivity contribution in [3.63, 3.8) is 0 Å². The molecule has 0 spiro atoms. The van der Waals surface area contributed by atoms with E-state index in [0.717, 1.165) is 5.75 Å². The average Bonchev–Trinajstić information content (AvgIpc) is 2.88. The lowest BCUT2D eigenvalue weighted by Gasteiger charge is -2.41. The van der Waals surface area contributed by atoms with Gasteiger partial charge in [0.1, 0.15) is 5.75 Å². The molecule has 100 valence electrons. The molecule has 1 aliphatic carbocycles. The number of nitrogens with zero attached hydrogens (tertiary/aromatic N) is 1. The van der Waals surface area contributed by atoms with Crippen LogP contribution >= 0.6 is 0 Å². The molecule has 1 aromatic rings. The highest BCUT2D eigenvalue weighted by atomic mass is 16.5. The van der Waals surface area contributed by atoms with Crippen LogP contribution in [-0.2, 0) is 0 Å². The van der Waals surface area contributed by atoms with Gasteiger partial charge < -0.3 is 15.4 Å². The summed E-state index contributed by atoms with van der Waals surface area (Å²) in [5.41, 5.74) is 7.84. The van der Waals surface area contributed by atoms with Crippen LogP contribution in [0, 0.1) is 0 Å². The van der Waals surface area contributed by atoms with E-state index in [1.54, 1.807) is 7.11 Å². The number of rotatable bonds is 4. The number of nitrogens with two attached hydrogens (primary N) is 1. The van der Waals surface area contributed by atoms with Crippen LogP contribution in [0.4, 0.5) is 0 Å². The number of hydrogen-bond donors (Lipinski definition) is 1. The van der Waals surface area contributed by atoms with Gasteiger partial charge in [-0.15, -0.1) is 0 Å². The van der Waals surface area contributed by atoms with Crippen molar-refractivity contribution in [3.8, 4) is 5.75 Å². The van der Waals surface area contributed by atoms with Gasteiger partial charge >= 0.3 is 0 Å². The maximum atomic E-state index is 6.56. The molecule has 1 aliphatic rings. The van der Waals surface area contributed by atoms with Crippen LogP contribution in [0.3, 0.4) is 0 Å². The summed E-state index contributed by atoms with van der Waals surface area (Å²) >= 11 is 0. The number of methoxy groups -OCH3 is 1. The summed E-state index contributed by atoms with van der Waals surface area (Å²) in [6, 6.07) is 8.20. The Morgan fingerprint density at radius 3 is 2.50 bits per heavy atom. The van der Waals surface area contributed by atoms with Gasteiger partial charge in [0.15, 0.2) is 0 Å². The van der Waals surface area contributed by atoms with Gasteiger partial charge in [-0.1, -0.05) is 25.0 Å². The highest BCUT2D eigenvalue weighted by molar-refractivity contribution is 5.32. The van der Waals surface area contributed by atoms with Gasteiger partial charge in [0, 0.05) is 11.6 Å². The highest BCUT2D eigenvalue weighted by Crippen LogP contribution is 2.42. The Bertz CT molecular complexity index is 397. The molecule has 2 rings (SSSR count). The molecule has 1 aromatic carbocycles. The van der Waals surface area contributed by atoms with Crippen molar-refractivity contribution in [1.82, 2.24) is 4.90 Å². The predicted octanol–water partition coefficient (Wildman–Crippen LogP) is 2.57. The first-order chi connectivity index (χ1) is 8.60. The third-order valence-electron chi connectivity index (χ3n) is 4.39. The van der Waals surface area contributed by atoms with Gasteiger partial charge in [-0.05, 0) is 44.6 Å². The monoisotopic (exact) mass is 248 g/mol. The van der Waals surface area contributed by atoms with Crippen molar-refractivity contribution in [2.75, 3.05) is 21.2 Å². The molecule has 0 aliphatic heterocycles. The second-order valence-corrected chi connectivity index (χ2v) is 5.46. The molecule has 0 bridgehead atoms. The highest BCUT2D eigenvalue weighted by Gasteiger charge is 2.42. The lowest BCUT2D eigenvalue weighted by molar-refractivity contribution is 0.123. The van der Waals surface area contributed by atoms with Gasteiger partial charge in [0.2, 0.25) is 0 Å².